The SMILES string of the molecule is CCC(CC)NC(=O)C(C)N1CCCCCC1CC(C)O. The summed E-state index contributed by atoms with van der Waals surface area (Å²) in [4.78, 5) is 14.8. The second-order valence-corrected chi connectivity index (χ2v) is 6.52. The molecular formula is C17H34N2O2. The first-order valence-electron chi connectivity index (χ1n) is 8.73. The van der Waals surface area contributed by atoms with Gasteiger partial charge in [0.2, 0.25) is 5.91 Å². The summed E-state index contributed by atoms with van der Waals surface area (Å²) in [6, 6.07) is 0.504. The van der Waals surface area contributed by atoms with Gasteiger partial charge in [-0.15, -0.1) is 0 Å². The summed E-state index contributed by atoms with van der Waals surface area (Å²) in [5, 5.41) is 12.9. The predicted molar refractivity (Wildman–Crippen MR) is 87.2 cm³/mol. The fraction of sp³-hybridized carbons (Fsp3) is 0.941. The molecular weight excluding hydrogens is 264 g/mol. The monoisotopic (exact) mass is 298 g/mol. The minimum Gasteiger partial charge on any atom is -0.393 e. The van der Waals surface area contributed by atoms with Crippen molar-refractivity contribution in [1.82, 2.24) is 10.2 Å². The van der Waals surface area contributed by atoms with Gasteiger partial charge in [-0.05, 0) is 52.5 Å². The van der Waals surface area contributed by atoms with E-state index < -0.39 is 0 Å². The molecule has 3 unspecified atom stereocenters. The fourth-order valence-electron chi connectivity index (χ4n) is 3.32. The van der Waals surface area contributed by atoms with E-state index in [2.05, 4.69) is 24.1 Å². The van der Waals surface area contributed by atoms with E-state index in [1.807, 2.05) is 13.8 Å². The molecule has 1 fully saturated rings. The highest BCUT2D eigenvalue weighted by atomic mass is 16.3. The van der Waals surface area contributed by atoms with Gasteiger partial charge in [-0.25, -0.2) is 0 Å². The predicted octanol–water partition coefficient (Wildman–Crippen LogP) is 2.70. The molecule has 1 rings (SSSR count). The average molecular weight is 298 g/mol. The van der Waals surface area contributed by atoms with Gasteiger partial charge in [0, 0.05) is 12.1 Å². The lowest BCUT2D eigenvalue weighted by Crippen LogP contribution is -2.52. The zero-order chi connectivity index (χ0) is 15.8. The van der Waals surface area contributed by atoms with Crippen LogP contribution < -0.4 is 5.32 Å². The maximum atomic E-state index is 12.5. The minimum atomic E-state index is -0.301. The van der Waals surface area contributed by atoms with E-state index in [4.69, 9.17) is 0 Å². The number of hydrogen-bond acceptors (Lipinski definition) is 3. The summed E-state index contributed by atoms with van der Waals surface area (Å²) in [5.41, 5.74) is 0. The Kier molecular flexibility index (Phi) is 8.27. The van der Waals surface area contributed by atoms with Crippen molar-refractivity contribution in [2.75, 3.05) is 6.54 Å². The number of aliphatic hydroxyl groups excluding tert-OH is 1. The molecule has 1 aliphatic heterocycles. The lowest BCUT2D eigenvalue weighted by Gasteiger charge is -2.35. The first-order chi connectivity index (χ1) is 9.99. The lowest BCUT2D eigenvalue weighted by atomic mass is 10.0. The van der Waals surface area contributed by atoms with Crippen LogP contribution >= 0.6 is 0 Å². The van der Waals surface area contributed by atoms with E-state index in [0.717, 1.165) is 38.6 Å². The van der Waals surface area contributed by atoms with E-state index in [1.165, 1.54) is 12.8 Å². The summed E-state index contributed by atoms with van der Waals surface area (Å²) in [6.45, 7) is 9.05. The maximum Gasteiger partial charge on any atom is 0.237 e. The van der Waals surface area contributed by atoms with Crippen molar-refractivity contribution in [3.8, 4) is 0 Å². The van der Waals surface area contributed by atoms with Gasteiger partial charge >= 0.3 is 0 Å². The number of nitrogens with zero attached hydrogens (tertiary/aromatic N) is 1. The van der Waals surface area contributed by atoms with Crippen LogP contribution in [0, 0.1) is 0 Å². The van der Waals surface area contributed by atoms with Crippen LogP contribution in [0.5, 0.6) is 0 Å². The van der Waals surface area contributed by atoms with Crippen LogP contribution in [0.1, 0.15) is 72.6 Å². The minimum absolute atomic E-state index is 0.104. The van der Waals surface area contributed by atoms with Crippen molar-refractivity contribution >= 4 is 5.91 Å². The third-order valence-corrected chi connectivity index (χ3v) is 4.74. The molecule has 0 aromatic rings. The second kappa shape index (κ2) is 9.42. The number of carbonyl (C=O) groups is 1. The van der Waals surface area contributed by atoms with Gasteiger partial charge in [0.15, 0.2) is 0 Å². The summed E-state index contributed by atoms with van der Waals surface area (Å²) < 4.78 is 0. The molecule has 1 heterocycles. The highest BCUT2D eigenvalue weighted by Crippen LogP contribution is 2.23. The summed E-state index contributed by atoms with van der Waals surface area (Å²) in [5.74, 6) is 0.140. The summed E-state index contributed by atoms with van der Waals surface area (Å²) in [7, 11) is 0. The molecule has 2 N–H and O–H groups in total. The Morgan fingerprint density at radius 2 is 1.90 bits per heavy atom. The van der Waals surface area contributed by atoms with Crippen LogP contribution in [0.25, 0.3) is 0 Å². The number of hydrogen-bond donors (Lipinski definition) is 2. The topological polar surface area (TPSA) is 52.6 Å². The van der Waals surface area contributed by atoms with Crippen molar-refractivity contribution in [1.29, 1.82) is 0 Å². The molecule has 0 aromatic heterocycles. The molecule has 1 aliphatic rings. The molecule has 3 atom stereocenters. The van der Waals surface area contributed by atoms with Crippen LogP contribution in [0.15, 0.2) is 0 Å². The molecule has 0 saturated carbocycles. The van der Waals surface area contributed by atoms with Crippen molar-refractivity contribution < 1.29 is 9.90 Å². The Morgan fingerprint density at radius 1 is 1.24 bits per heavy atom. The number of nitrogens with one attached hydrogen (secondary N) is 1. The lowest BCUT2D eigenvalue weighted by molar-refractivity contribution is -0.127. The van der Waals surface area contributed by atoms with Gasteiger partial charge in [-0.1, -0.05) is 26.7 Å². The standard InChI is InChI=1S/C17H34N2O2/c1-5-15(6-2)18-17(21)14(4)19-11-9-7-8-10-16(19)12-13(3)20/h13-16,20H,5-12H2,1-4H3,(H,18,21). The number of rotatable bonds is 7. The number of likely N-dealkylation sites (tertiary alicyclic amines) is 1. The first-order valence-corrected chi connectivity index (χ1v) is 8.73. The zero-order valence-electron chi connectivity index (χ0n) is 14.3. The van der Waals surface area contributed by atoms with Gasteiger partial charge in [0.25, 0.3) is 0 Å². The largest absolute Gasteiger partial charge is 0.393 e. The van der Waals surface area contributed by atoms with Crippen molar-refractivity contribution in [2.45, 2.75) is 96.9 Å². The molecule has 4 heteroatoms. The van der Waals surface area contributed by atoms with Gasteiger partial charge in [-0.3, -0.25) is 9.69 Å². The van der Waals surface area contributed by atoms with Crippen LogP contribution in [0.3, 0.4) is 0 Å². The third-order valence-electron chi connectivity index (χ3n) is 4.74. The maximum absolute atomic E-state index is 12.5. The van der Waals surface area contributed by atoms with Crippen LogP contribution in [0.2, 0.25) is 0 Å². The second-order valence-electron chi connectivity index (χ2n) is 6.52. The molecule has 1 amide bonds. The normalized spacial score (nSPS) is 23.6. The fourth-order valence-corrected chi connectivity index (χ4v) is 3.32. The summed E-state index contributed by atoms with van der Waals surface area (Å²) in [6.07, 6.45) is 7.10. The molecule has 4 nitrogen and oxygen atoms in total. The Hall–Kier alpha value is -0.610. The van der Waals surface area contributed by atoms with E-state index in [1.54, 1.807) is 0 Å². The Bertz CT molecular complexity index is 303. The van der Waals surface area contributed by atoms with E-state index in [9.17, 15) is 9.90 Å². The number of carbonyl (C=O) groups excluding carboxylic acids is 1. The van der Waals surface area contributed by atoms with Crippen molar-refractivity contribution in [2.24, 2.45) is 0 Å². The average Bonchev–Trinajstić information content (AvgIpc) is 2.68. The number of aliphatic hydroxyl groups is 1. The molecule has 21 heavy (non-hydrogen) atoms. The summed E-state index contributed by atoms with van der Waals surface area (Å²) >= 11 is 0. The molecule has 0 radical (unpaired) electrons. The van der Waals surface area contributed by atoms with Gasteiger partial charge < -0.3 is 10.4 Å². The molecule has 124 valence electrons. The molecule has 0 aliphatic carbocycles. The van der Waals surface area contributed by atoms with Crippen LogP contribution in [-0.2, 0) is 4.79 Å². The third kappa shape index (κ3) is 5.95. The van der Waals surface area contributed by atoms with Gasteiger partial charge in [-0.2, -0.15) is 0 Å². The molecule has 1 saturated heterocycles. The highest BCUT2D eigenvalue weighted by molar-refractivity contribution is 5.81. The Morgan fingerprint density at radius 3 is 2.48 bits per heavy atom. The smallest absolute Gasteiger partial charge is 0.237 e. The Balaban J connectivity index is 2.69. The quantitative estimate of drug-likeness (QED) is 0.760. The van der Waals surface area contributed by atoms with E-state index >= 15 is 0 Å². The highest BCUT2D eigenvalue weighted by Gasteiger charge is 2.30. The van der Waals surface area contributed by atoms with Gasteiger partial charge in [0.1, 0.15) is 0 Å². The van der Waals surface area contributed by atoms with Crippen molar-refractivity contribution in [3.05, 3.63) is 0 Å². The van der Waals surface area contributed by atoms with E-state index in [-0.39, 0.29) is 24.1 Å². The number of amides is 1. The molecule has 0 bridgehead atoms. The van der Waals surface area contributed by atoms with E-state index in [0.29, 0.717) is 6.04 Å². The van der Waals surface area contributed by atoms with Crippen LogP contribution in [0.4, 0.5) is 0 Å². The first kappa shape index (κ1) is 18.4. The van der Waals surface area contributed by atoms with Gasteiger partial charge in [0.05, 0.1) is 12.1 Å². The Labute approximate surface area is 130 Å². The van der Waals surface area contributed by atoms with Crippen LogP contribution in [-0.4, -0.2) is 46.7 Å². The molecule has 0 aromatic carbocycles. The van der Waals surface area contributed by atoms with Crippen molar-refractivity contribution in [3.63, 3.8) is 0 Å². The zero-order valence-corrected chi connectivity index (χ0v) is 14.3. The molecule has 0 spiro atoms.